The molecule has 1 aromatic carbocycles. The Labute approximate surface area is 166 Å². The summed E-state index contributed by atoms with van der Waals surface area (Å²) in [6.45, 7) is 2.30. The second kappa shape index (κ2) is 21.5. The van der Waals surface area contributed by atoms with Gasteiger partial charge in [-0.25, -0.2) is 0 Å². The molecule has 1 aliphatic rings. The molecule has 0 spiro atoms. The first-order chi connectivity index (χ1) is 10.9. The summed E-state index contributed by atoms with van der Waals surface area (Å²) in [6.07, 6.45) is 16.2. The summed E-state index contributed by atoms with van der Waals surface area (Å²) >= 11 is 2.04. The highest BCUT2D eigenvalue weighted by Gasteiger charge is 2.20. The van der Waals surface area contributed by atoms with E-state index in [1.54, 1.807) is 0 Å². The van der Waals surface area contributed by atoms with E-state index < -0.39 is 0 Å². The fourth-order valence-electron chi connectivity index (χ4n) is 3.71. The van der Waals surface area contributed by atoms with Crippen molar-refractivity contribution in [3.05, 3.63) is 30.3 Å². The lowest BCUT2D eigenvalue weighted by atomic mass is 9.79. The van der Waals surface area contributed by atoms with Gasteiger partial charge in [0.2, 0.25) is 0 Å². The Morgan fingerprint density at radius 1 is 0.704 bits per heavy atom. The molecule has 0 aliphatic heterocycles. The minimum Gasteiger partial charge on any atom is -0.269 e. The van der Waals surface area contributed by atoms with Crippen LogP contribution in [0.25, 0.3) is 0 Å². The summed E-state index contributed by atoms with van der Waals surface area (Å²) < 4.78 is 0. The van der Waals surface area contributed by atoms with Crippen LogP contribution >= 0.6 is 11.8 Å². The van der Waals surface area contributed by atoms with Crippen molar-refractivity contribution in [3.63, 3.8) is 0 Å². The van der Waals surface area contributed by atoms with E-state index in [4.69, 9.17) is 0 Å². The topological polar surface area (TPSA) is 0 Å². The zero-order chi connectivity index (χ0) is 15.5. The minimum absolute atomic E-state index is 0. The van der Waals surface area contributed by atoms with Gasteiger partial charge < -0.3 is 0 Å². The number of thioether (sulfide) groups is 1. The molecule has 6 heteroatoms. The van der Waals surface area contributed by atoms with Gasteiger partial charge >= 0.3 is 0 Å². The molecule has 0 aromatic heterocycles. The van der Waals surface area contributed by atoms with Crippen molar-refractivity contribution in [2.75, 3.05) is 5.75 Å². The van der Waals surface area contributed by atoms with Gasteiger partial charge in [0.1, 0.15) is 0 Å². The summed E-state index contributed by atoms with van der Waals surface area (Å²) in [6, 6.07) is 10.9. The first-order valence-corrected chi connectivity index (χ1v) is 10.5. The lowest BCUT2D eigenvalue weighted by molar-refractivity contribution is 0.254. The minimum atomic E-state index is 0. The highest BCUT2D eigenvalue weighted by atomic mass is 32.2. The predicted octanol–water partition coefficient (Wildman–Crippen LogP) is 8.10. The fourth-order valence-corrected chi connectivity index (χ4v) is 4.74. The Morgan fingerprint density at radius 3 is 1.78 bits per heavy atom. The maximum absolute atomic E-state index is 2.30. The monoisotopic (exact) mass is 418 g/mol. The van der Waals surface area contributed by atoms with E-state index >= 15 is 0 Å². The summed E-state index contributed by atoms with van der Waals surface area (Å²) in [4.78, 5) is 1.43. The number of rotatable bonds is 10. The number of hydrogen-bond donors (Lipinski definition) is 0. The standard InChI is InChI=1S/C21H34S.5FH/c1-2-3-4-5-7-10-19-13-15-20(16-14-19)17-18-22-21-11-8-6-9-12-21;;;;;/h6,8-9,11-12,19-20H,2-5,7,10,13-18H2,1H3;5*1H. The smallest absolute Gasteiger partial charge is 0.00719 e. The largest absolute Gasteiger partial charge is 0.269 e. The number of hydrogen-bond acceptors (Lipinski definition) is 1. The van der Waals surface area contributed by atoms with Crippen LogP contribution in [-0.2, 0) is 0 Å². The van der Waals surface area contributed by atoms with E-state index in [1.165, 1.54) is 81.3 Å². The van der Waals surface area contributed by atoms with Crippen LogP contribution in [0.1, 0.15) is 77.6 Å². The molecule has 0 radical (unpaired) electrons. The predicted molar refractivity (Wildman–Crippen MR) is 113 cm³/mol. The van der Waals surface area contributed by atoms with Crippen LogP contribution < -0.4 is 0 Å². The van der Waals surface area contributed by atoms with Gasteiger partial charge in [0.05, 0.1) is 0 Å². The van der Waals surface area contributed by atoms with Crippen molar-refractivity contribution >= 4 is 11.8 Å². The zero-order valence-electron chi connectivity index (χ0n) is 16.5. The van der Waals surface area contributed by atoms with Gasteiger partial charge in [-0.3, -0.25) is 23.5 Å². The molecule has 1 fully saturated rings. The Kier molecular flexibility index (Phi) is 26.9. The fraction of sp³-hybridized carbons (Fsp3) is 0.714. The van der Waals surface area contributed by atoms with Gasteiger partial charge in [0.25, 0.3) is 0 Å². The van der Waals surface area contributed by atoms with Gasteiger partial charge in [0, 0.05) is 4.90 Å². The number of benzene rings is 1. The summed E-state index contributed by atoms with van der Waals surface area (Å²) in [5, 5.41) is 0. The summed E-state index contributed by atoms with van der Waals surface area (Å²) in [5.41, 5.74) is 0. The highest BCUT2D eigenvalue weighted by molar-refractivity contribution is 7.99. The molecule has 1 aromatic rings. The molecule has 0 bridgehead atoms. The summed E-state index contributed by atoms with van der Waals surface area (Å²) in [7, 11) is 0. The van der Waals surface area contributed by atoms with Crippen LogP contribution in [0.3, 0.4) is 0 Å². The van der Waals surface area contributed by atoms with Gasteiger partial charge in [-0.05, 0) is 36.1 Å². The molecule has 27 heavy (non-hydrogen) atoms. The maximum atomic E-state index is 2.30. The maximum Gasteiger partial charge on any atom is 0.00719 e. The third kappa shape index (κ3) is 14.9. The molecule has 0 amide bonds. The molecule has 0 nitrogen and oxygen atoms in total. The van der Waals surface area contributed by atoms with Gasteiger partial charge in [-0.1, -0.05) is 89.3 Å². The van der Waals surface area contributed by atoms with E-state index in [9.17, 15) is 0 Å². The van der Waals surface area contributed by atoms with Crippen LogP contribution in [0.2, 0.25) is 0 Å². The van der Waals surface area contributed by atoms with Crippen molar-refractivity contribution in [1.82, 2.24) is 0 Å². The Hall–Kier alpha value is -0.780. The van der Waals surface area contributed by atoms with Crippen molar-refractivity contribution in [2.45, 2.75) is 82.4 Å². The first-order valence-electron chi connectivity index (χ1n) is 9.56. The molecule has 2 rings (SSSR count). The Bertz CT molecular complexity index is 383. The van der Waals surface area contributed by atoms with E-state index in [0.717, 1.165) is 11.8 Å². The molecular weight excluding hydrogens is 379 g/mol. The van der Waals surface area contributed by atoms with Gasteiger partial charge in [-0.2, -0.15) is 0 Å². The first kappa shape index (κ1) is 33.8. The van der Waals surface area contributed by atoms with Gasteiger partial charge in [-0.15, -0.1) is 11.8 Å². The van der Waals surface area contributed by atoms with Crippen molar-refractivity contribution < 1.29 is 23.5 Å². The summed E-state index contributed by atoms with van der Waals surface area (Å²) in [5.74, 6) is 3.36. The third-order valence-electron chi connectivity index (χ3n) is 5.22. The molecule has 0 N–H and O–H groups in total. The molecule has 164 valence electrons. The average molecular weight is 419 g/mol. The highest BCUT2D eigenvalue weighted by Crippen LogP contribution is 2.34. The normalized spacial score (nSPS) is 17.8. The zero-order valence-corrected chi connectivity index (χ0v) is 17.3. The van der Waals surface area contributed by atoms with E-state index in [-0.39, 0.29) is 23.5 Å². The van der Waals surface area contributed by atoms with Crippen LogP contribution in [0.5, 0.6) is 0 Å². The molecule has 0 heterocycles. The lowest BCUT2D eigenvalue weighted by Crippen LogP contribution is -2.15. The van der Waals surface area contributed by atoms with Gasteiger partial charge in [0.15, 0.2) is 0 Å². The van der Waals surface area contributed by atoms with Crippen LogP contribution in [0.4, 0.5) is 23.5 Å². The molecule has 0 atom stereocenters. The number of unbranched alkanes of at least 4 members (excludes halogenated alkanes) is 4. The molecule has 1 saturated carbocycles. The average Bonchev–Trinajstić information content (AvgIpc) is 2.57. The number of halogens is 5. The molecule has 0 saturated heterocycles. The third-order valence-corrected chi connectivity index (χ3v) is 6.27. The molecule has 1 aliphatic carbocycles. The second-order valence-corrected chi connectivity index (χ2v) is 8.21. The second-order valence-electron chi connectivity index (χ2n) is 7.04. The van der Waals surface area contributed by atoms with Crippen molar-refractivity contribution in [1.29, 1.82) is 0 Å². The molecular formula is C21H39F5S. The van der Waals surface area contributed by atoms with Crippen LogP contribution in [-0.4, -0.2) is 5.75 Å². The Morgan fingerprint density at radius 2 is 1.22 bits per heavy atom. The quantitative estimate of drug-likeness (QED) is 0.210. The molecule has 0 unspecified atom stereocenters. The SMILES string of the molecule is CCCCCCCC1CCC(CCSc2ccccc2)CC1.F.F.F.F.F. The van der Waals surface area contributed by atoms with Crippen LogP contribution in [0, 0.1) is 11.8 Å². The Balaban J connectivity index is -0.000000529. The van der Waals surface area contributed by atoms with E-state index in [2.05, 4.69) is 37.3 Å². The lowest BCUT2D eigenvalue weighted by Gasteiger charge is -2.28. The van der Waals surface area contributed by atoms with Crippen LogP contribution in [0.15, 0.2) is 35.2 Å². The van der Waals surface area contributed by atoms with E-state index in [1.807, 2.05) is 11.8 Å². The van der Waals surface area contributed by atoms with Crippen molar-refractivity contribution in [2.24, 2.45) is 11.8 Å². The van der Waals surface area contributed by atoms with E-state index in [0.29, 0.717) is 0 Å². The van der Waals surface area contributed by atoms with Crippen molar-refractivity contribution in [3.8, 4) is 0 Å².